The fourth-order valence-electron chi connectivity index (χ4n) is 4.80. The van der Waals surface area contributed by atoms with Gasteiger partial charge in [-0.15, -0.1) is 0 Å². The second-order valence-corrected chi connectivity index (χ2v) is 11.1. The van der Waals surface area contributed by atoms with Crippen LogP contribution in [0.2, 0.25) is 5.02 Å². The zero-order valence-corrected chi connectivity index (χ0v) is 23.6. The van der Waals surface area contributed by atoms with Crippen molar-refractivity contribution in [2.24, 2.45) is 7.05 Å². The van der Waals surface area contributed by atoms with Crippen LogP contribution < -0.4 is 16.2 Å². The van der Waals surface area contributed by atoms with Crippen LogP contribution in [0.5, 0.6) is 0 Å². The van der Waals surface area contributed by atoms with Crippen LogP contribution in [0.4, 0.5) is 19.1 Å². The molecule has 1 aliphatic heterocycles. The second kappa shape index (κ2) is 10.5. The summed E-state index contributed by atoms with van der Waals surface area (Å²) in [6.45, 7) is 5.37. The predicted molar refractivity (Wildman–Crippen MR) is 145 cm³/mol. The Kier molecular flexibility index (Phi) is 7.35. The number of benzene rings is 1. The molecule has 10 nitrogen and oxygen atoms in total. The minimum Gasteiger partial charge on any atom is -0.353 e. The van der Waals surface area contributed by atoms with Crippen LogP contribution in [0.3, 0.4) is 0 Å². The minimum absolute atomic E-state index is 0.0808. The highest BCUT2D eigenvalue weighted by Gasteiger charge is 2.36. The van der Waals surface area contributed by atoms with Gasteiger partial charge in [-0.25, -0.2) is 9.55 Å². The third-order valence-electron chi connectivity index (χ3n) is 7.04. The first-order valence-corrected chi connectivity index (χ1v) is 13.6. The second-order valence-electron chi connectivity index (χ2n) is 10.7. The van der Waals surface area contributed by atoms with Crippen LogP contribution in [0.15, 0.2) is 29.1 Å². The van der Waals surface area contributed by atoms with Crippen molar-refractivity contribution in [3.8, 4) is 5.82 Å². The maximum Gasteiger partial charge on any atom is 0.417 e. The number of carbonyl (C=O) groups is 2. The van der Waals surface area contributed by atoms with E-state index in [-0.39, 0.29) is 53.7 Å². The highest BCUT2D eigenvalue weighted by Crippen LogP contribution is 2.36. The van der Waals surface area contributed by atoms with Crippen molar-refractivity contribution < 1.29 is 22.8 Å². The molecule has 2 amide bonds. The highest BCUT2D eigenvalue weighted by molar-refractivity contribution is 6.31. The molecule has 2 aromatic heterocycles. The molecule has 41 heavy (non-hydrogen) atoms. The molecule has 2 aliphatic rings. The summed E-state index contributed by atoms with van der Waals surface area (Å²) in [7, 11) is 1.62. The summed E-state index contributed by atoms with van der Waals surface area (Å²) >= 11 is 5.74. The van der Waals surface area contributed by atoms with E-state index >= 15 is 0 Å². The topological polar surface area (TPSA) is 114 Å². The minimum atomic E-state index is -4.72. The molecule has 3 aromatic rings. The van der Waals surface area contributed by atoms with Gasteiger partial charge in [-0.2, -0.15) is 18.3 Å². The maximum absolute atomic E-state index is 13.9. The molecule has 14 heteroatoms. The average molecular weight is 592 g/mol. The summed E-state index contributed by atoms with van der Waals surface area (Å²) in [5, 5.41) is 9.84. The molecule has 1 aliphatic carbocycles. The van der Waals surface area contributed by atoms with Crippen molar-refractivity contribution in [2.45, 2.75) is 70.9 Å². The van der Waals surface area contributed by atoms with Crippen molar-refractivity contribution in [1.29, 1.82) is 0 Å². The fraction of sp³-hybridized carbons (Fsp3) is 0.444. The largest absolute Gasteiger partial charge is 0.417 e. The summed E-state index contributed by atoms with van der Waals surface area (Å²) in [4.78, 5) is 46.0. The van der Waals surface area contributed by atoms with E-state index in [1.165, 1.54) is 26.3 Å². The molecule has 1 aromatic carbocycles. The number of aryl methyl sites for hydroxylation is 1. The molecule has 0 saturated heterocycles. The van der Waals surface area contributed by atoms with Crippen molar-refractivity contribution in [2.75, 3.05) is 5.32 Å². The molecule has 0 radical (unpaired) electrons. The van der Waals surface area contributed by atoms with E-state index in [1.54, 1.807) is 14.0 Å². The Balaban J connectivity index is 1.53. The number of halogens is 4. The number of rotatable bonds is 6. The molecule has 5 rings (SSSR count). The summed E-state index contributed by atoms with van der Waals surface area (Å²) in [6.07, 6.45) is -2.76. The van der Waals surface area contributed by atoms with Gasteiger partial charge in [-0.05, 0) is 58.2 Å². The molecule has 2 N–H and O–H groups in total. The van der Waals surface area contributed by atoms with E-state index in [9.17, 15) is 27.6 Å². The lowest BCUT2D eigenvalue weighted by Crippen LogP contribution is -2.46. The van der Waals surface area contributed by atoms with Crippen molar-refractivity contribution in [3.05, 3.63) is 67.7 Å². The Morgan fingerprint density at radius 2 is 1.88 bits per heavy atom. The molecular formula is C27H29ClF3N7O3. The Morgan fingerprint density at radius 1 is 1.17 bits per heavy atom. The average Bonchev–Trinajstić information content (AvgIpc) is 3.62. The Bertz CT molecular complexity index is 1590. The molecule has 0 spiro atoms. The predicted octanol–water partition coefficient (Wildman–Crippen LogP) is 3.94. The third kappa shape index (κ3) is 5.67. The molecule has 218 valence electrons. The molecular weight excluding hydrogens is 563 g/mol. The van der Waals surface area contributed by atoms with Gasteiger partial charge in [0, 0.05) is 42.4 Å². The first-order valence-electron chi connectivity index (χ1n) is 13.2. The Hall–Kier alpha value is -3.87. The van der Waals surface area contributed by atoms with Gasteiger partial charge in [0.1, 0.15) is 5.82 Å². The summed E-state index contributed by atoms with van der Waals surface area (Å²) in [5.41, 5.74) is -0.785. The van der Waals surface area contributed by atoms with Crippen LogP contribution in [0.25, 0.3) is 5.82 Å². The van der Waals surface area contributed by atoms with Crippen molar-refractivity contribution in [1.82, 2.24) is 29.5 Å². The number of carbonyl (C=O) groups excluding carboxylic acids is 2. The number of hydrogen-bond acceptors (Lipinski definition) is 6. The lowest BCUT2D eigenvalue weighted by molar-refractivity contribution is -0.137. The van der Waals surface area contributed by atoms with Gasteiger partial charge in [-0.1, -0.05) is 11.6 Å². The molecule has 0 bridgehead atoms. The van der Waals surface area contributed by atoms with E-state index in [4.69, 9.17) is 16.6 Å². The number of aromatic nitrogens is 4. The van der Waals surface area contributed by atoms with Crippen LogP contribution in [0, 0.1) is 0 Å². The number of fused-ring (bicyclic) bond motifs is 1. The maximum atomic E-state index is 13.9. The van der Waals surface area contributed by atoms with Crippen molar-refractivity contribution >= 4 is 29.4 Å². The summed E-state index contributed by atoms with van der Waals surface area (Å²) in [6, 6.07) is 4.06. The van der Waals surface area contributed by atoms with Crippen LogP contribution in [-0.4, -0.2) is 54.2 Å². The lowest BCUT2D eigenvalue weighted by Gasteiger charge is -2.35. The quantitative estimate of drug-likeness (QED) is 0.449. The number of anilines is 1. The zero-order chi connectivity index (χ0) is 29.8. The zero-order valence-electron chi connectivity index (χ0n) is 22.8. The first-order chi connectivity index (χ1) is 19.2. The van der Waals surface area contributed by atoms with Gasteiger partial charge in [0.25, 0.3) is 17.4 Å². The standard InChI is InChI=1S/C27H29ClF3N7O3/c1-13(2)32-26-34-21-12-37(24(40)15-5-8-19(28)18(10-15)27(29,30)31)14(3)9-17(21)25(41)38(26)22-11-20(35-36(22)4)23(39)33-16-6-7-16/h5,8,10-11,13-14,16H,6-7,9,12H2,1-4H3,(H,32,34)(H,33,39)/t14-/m1/s1. The van der Waals surface area contributed by atoms with Gasteiger partial charge >= 0.3 is 6.18 Å². The van der Waals surface area contributed by atoms with Crippen LogP contribution in [0.1, 0.15) is 71.3 Å². The third-order valence-corrected chi connectivity index (χ3v) is 7.37. The monoisotopic (exact) mass is 591 g/mol. The SMILES string of the molecule is CC(C)Nc1nc2c(c(=O)n1-c1cc(C(=O)NC3CC3)nn1C)C[C@@H](C)N(C(=O)c1ccc(Cl)c(C(F)(F)F)c1)C2. The fourth-order valence-corrected chi connectivity index (χ4v) is 5.03. The highest BCUT2D eigenvalue weighted by atomic mass is 35.5. The normalized spacial score (nSPS) is 17.0. The van der Waals surface area contributed by atoms with Crippen LogP contribution >= 0.6 is 11.6 Å². The number of nitrogens with zero attached hydrogens (tertiary/aromatic N) is 5. The van der Waals surface area contributed by atoms with E-state index in [0.717, 1.165) is 25.0 Å². The number of amides is 2. The molecule has 0 unspecified atom stereocenters. The van der Waals surface area contributed by atoms with E-state index in [0.29, 0.717) is 17.1 Å². The van der Waals surface area contributed by atoms with Gasteiger partial charge in [-0.3, -0.25) is 19.1 Å². The van der Waals surface area contributed by atoms with Gasteiger partial charge in [0.15, 0.2) is 5.69 Å². The van der Waals surface area contributed by atoms with E-state index < -0.39 is 28.7 Å². The number of hydrogen-bond donors (Lipinski definition) is 2. The number of nitrogens with one attached hydrogen (secondary N) is 2. The molecule has 1 atom stereocenters. The van der Waals surface area contributed by atoms with Gasteiger partial charge < -0.3 is 15.5 Å². The van der Waals surface area contributed by atoms with Crippen LogP contribution in [-0.2, 0) is 26.2 Å². The van der Waals surface area contributed by atoms with E-state index in [2.05, 4.69) is 15.7 Å². The molecule has 1 fully saturated rings. The number of alkyl halides is 3. The van der Waals surface area contributed by atoms with E-state index in [1.807, 2.05) is 13.8 Å². The smallest absolute Gasteiger partial charge is 0.353 e. The molecule has 1 saturated carbocycles. The first kappa shape index (κ1) is 28.7. The lowest BCUT2D eigenvalue weighted by atomic mass is 9.98. The van der Waals surface area contributed by atoms with Crippen molar-refractivity contribution in [3.63, 3.8) is 0 Å². The molecule has 3 heterocycles. The van der Waals surface area contributed by atoms with Gasteiger partial charge in [0.05, 0.1) is 22.8 Å². The summed E-state index contributed by atoms with van der Waals surface area (Å²) < 4.78 is 43.1. The Morgan fingerprint density at radius 3 is 2.51 bits per heavy atom. The van der Waals surface area contributed by atoms with Gasteiger partial charge in [0.2, 0.25) is 5.95 Å². The summed E-state index contributed by atoms with van der Waals surface area (Å²) in [5.74, 6) is -0.437. The Labute approximate surface area is 238 Å².